The third-order valence-corrected chi connectivity index (χ3v) is 8.41. The van der Waals surface area contributed by atoms with Gasteiger partial charge in [0.2, 0.25) is 10.8 Å². The Balaban J connectivity index is 1.34. The van der Waals surface area contributed by atoms with Gasteiger partial charge in [0, 0.05) is 30.6 Å². The van der Waals surface area contributed by atoms with Gasteiger partial charge < -0.3 is 14.8 Å². The molecule has 3 heterocycles. The summed E-state index contributed by atoms with van der Waals surface area (Å²) in [5, 5.41) is 4.46. The number of fused-ring (bicyclic) bond motifs is 1. The standard InChI is InChI=1S/C23H29ClN4OS/c24-18-6-4-5-17(15-18)16-9-12-28(13-10-16)23-26-20-11-14-30(29)21(20)22(27-23)25-19-7-2-1-3-8-19/h4-6,15-16,19H,1-3,7-14H2,(H,25,26,27). The van der Waals surface area contributed by atoms with Crippen molar-refractivity contribution in [1.29, 1.82) is 0 Å². The summed E-state index contributed by atoms with van der Waals surface area (Å²) < 4.78 is 12.6. The van der Waals surface area contributed by atoms with Crippen molar-refractivity contribution in [2.45, 2.75) is 68.2 Å². The number of aryl methyl sites for hydroxylation is 1. The molecule has 1 aliphatic carbocycles. The highest BCUT2D eigenvalue weighted by atomic mass is 35.5. The summed E-state index contributed by atoms with van der Waals surface area (Å²) in [6.07, 6.45) is 9.11. The number of piperidine rings is 1. The highest BCUT2D eigenvalue weighted by Gasteiger charge is 2.34. The molecule has 1 N–H and O–H groups in total. The first-order valence-corrected chi connectivity index (χ1v) is 12.9. The SMILES string of the molecule is [O-][S+]1CCc2nc(N3CCC(c4cccc(Cl)c4)CC3)nc(NC3CCCCC3)c21. The molecule has 0 bridgehead atoms. The maximum atomic E-state index is 12.6. The Morgan fingerprint density at radius 3 is 2.63 bits per heavy atom. The fourth-order valence-corrected chi connectivity index (χ4v) is 6.55. The molecule has 160 valence electrons. The molecule has 1 aromatic heterocycles. The fourth-order valence-electron chi connectivity index (χ4n) is 5.04. The Morgan fingerprint density at radius 2 is 1.87 bits per heavy atom. The first-order chi connectivity index (χ1) is 14.7. The molecule has 1 aromatic carbocycles. The van der Waals surface area contributed by atoms with Crippen molar-refractivity contribution in [1.82, 2.24) is 9.97 Å². The van der Waals surface area contributed by atoms with Crippen LogP contribution >= 0.6 is 11.6 Å². The Morgan fingerprint density at radius 1 is 1.07 bits per heavy atom. The monoisotopic (exact) mass is 444 g/mol. The Hall–Kier alpha value is -1.50. The lowest BCUT2D eigenvalue weighted by Crippen LogP contribution is -2.35. The summed E-state index contributed by atoms with van der Waals surface area (Å²) in [5.74, 6) is 2.83. The lowest BCUT2D eigenvalue weighted by molar-refractivity contribution is 0.460. The number of benzene rings is 1. The molecule has 2 aliphatic heterocycles. The molecule has 7 heteroatoms. The van der Waals surface area contributed by atoms with E-state index >= 15 is 0 Å². The van der Waals surface area contributed by atoms with Crippen LogP contribution in [0.1, 0.15) is 62.1 Å². The molecule has 2 fully saturated rings. The normalized spacial score (nSPS) is 22.9. The number of anilines is 2. The molecule has 1 atom stereocenters. The van der Waals surface area contributed by atoms with Crippen LogP contribution in [-0.2, 0) is 17.6 Å². The Kier molecular flexibility index (Phi) is 6.07. The average molecular weight is 445 g/mol. The van der Waals surface area contributed by atoms with Crippen molar-refractivity contribution in [3.05, 3.63) is 40.5 Å². The summed E-state index contributed by atoms with van der Waals surface area (Å²) in [6.45, 7) is 1.86. The van der Waals surface area contributed by atoms with E-state index in [1.54, 1.807) is 0 Å². The predicted molar refractivity (Wildman–Crippen MR) is 123 cm³/mol. The molecule has 1 unspecified atom stereocenters. The molecule has 1 saturated heterocycles. The predicted octanol–water partition coefficient (Wildman–Crippen LogP) is 4.92. The van der Waals surface area contributed by atoms with Gasteiger partial charge in [0.25, 0.3) is 0 Å². The number of halogens is 1. The molecule has 3 aliphatic rings. The Labute approximate surface area is 186 Å². The van der Waals surface area contributed by atoms with Crippen molar-refractivity contribution < 1.29 is 4.55 Å². The zero-order valence-corrected chi connectivity index (χ0v) is 18.9. The lowest BCUT2D eigenvalue weighted by Gasteiger charge is -2.33. The van der Waals surface area contributed by atoms with Gasteiger partial charge in [-0.05, 0) is 60.5 Å². The number of nitrogens with one attached hydrogen (secondary N) is 1. The van der Waals surface area contributed by atoms with E-state index in [-0.39, 0.29) is 0 Å². The van der Waals surface area contributed by atoms with Crippen LogP contribution in [-0.4, -0.2) is 39.4 Å². The molecule has 0 spiro atoms. The molecular formula is C23H29ClN4OS. The zero-order valence-electron chi connectivity index (χ0n) is 17.3. The molecule has 5 nitrogen and oxygen atoms in total. The maximum absolute atomic E-state index is 12.6. The second-order valence-corrected chi connectivity index (χ2v) is 10.7. The van der Waals surface area contributed by atoms with E-state index in [0.717, 1.165) is 59.7 Å². The zero-order chi connectivity index (χ0) is 20.5. The van der Waals surface area contributed by atoms with Crippen molar-refractivity contribution in [2.24, 2.45) is 0 Å². The van der Waals surface area contributed by atoms with Gasteiger partial charge in [0.1, 0.15) is 11.4 Å². The topological polar surface area (TPSA) is 64.1 Å². The van der Waals surface area contributed by atoms with Crippen molar-refractivity contribution in [3.8, 4) is 0 Å². The molecule has 1 saturated carbocycles. The van der Waals surface area contributed by atoms with E-state index in [2.05, 4.69) is 22.3 Å². The second-order valence-electron chi connectivity index (χ2n) is 8.74. The van der Waals surface area contributed by atoms with Crippen LogP contribution in [0.4, 0.5) is 11.8 Å². The van der Waals surface area contributed by atoms with Crippen LogP contribution in [0.15, 0.2) is 29.2 Å². The van der Waals surface area contributed by atoms with Crippen LogP contribution in [0.25, 0.3) is 0 Å². The summed E-state index contributed by atoms with van der Waals surface area (Å²) >= 11 is 5.21. The average Bonchev–Trinajstić information content (AvgIpc) is 3.16. The van der Waals surface area contributed by atoms with Gasteiger partial charge in [0.05, 0.1) is 0 Å². The van der Waals surface area contributed by atoms with E-state index in [1.165, 1.54) is 37.7 Å². The van der Waals surface area contributed by atoms with Gasteiger partial charge in [-0.1, -0.05) is 43.0 Å². The summed E-state index contributed by atoms with van der Waals surface area (Å²) in [6, 6.07) is 8.69. The van der Waals surface area contributed by atoms with Gasteiger partial charge in [-0.25, -0.2) is 4.98 Å². The molecule has 30 heavy (non-hydrogen) atoms. The number of nitrogens with zero attached hydrogens (tertiary/aromatic N) is 3. The minimum Gasteiger partial charge on any atom is -0.611 e. The van der Waals surface area contributed by atoms with E-state index in [4.69, 9.17) is 21.6 Å². The number of hydrogen-bond acceptors (Lipinski definition) is 5. The van der Waals surface area contributed by atoms with E-state index in [0.29, 0.717) is 17.7 Å². The van der Waals surface area contributed by atoms with E-state index in [9.17, 15) is 4.55 Å². The van der Waals surface area contributed by atoms with Crippen LogP contribution in [0.3, 0.4) is 0 Å². The molecule has 0 radical (unpaired) electrons. The number of aromatic nitrogens is 2. The molecule has 0 amide bonds. The van der Waals surface area contributed by atoms with Crippen molar-refractivity contribution in [3.63, 3.8) is 0 Å². The van der Waals surface area contributed by atoms with Crippen LogP contribution in [0.2, 0.25) is 5.02 Å². The van der Waals surface area contributed by atoms with Crippen molar-refractivity contribution in [2.75, 3.05) is 29.1 Å². The van der Waals surface area contributed by atoms with Gasteiger partial charge in [0.15, 0.2) is 5.82 Å². The van der Waals surface area contributed by atoms with Crippen LogP contribution in [0.5, 0.6) is 0 Å². The second kappa shape index (κ2) is 8.93. The summed E-state index contributed by atoms with van der Waals surface area (Å²) in [5.41, 5.74) is 2.31. The van der Waals surface area contributed by atoms with Gasteiger partial charge in [-0.15, -0.1) is 0 Å². The number of hydrogen-bond donors (Lipinski definition) is 1. The molecular weight excluding hydrogens is 416 g/mol. The summed E-state index contributed by atoms with van der Waals surface area (Å²) in [4.78, 5) is 12.9. The third-order valence-electron chi connectivity index (χ3n) is 6.72. The minimum absolute atomic E-state index is 0.441. The smallest absolute Gasteiger partial charge is 0.227 e. The van der Waals surface area contributed by atoms with Gasteiger partial charge >= 0.3 is 0 Å². The quantitative estimate of drug-likeness (QED) is 0.678. The Bertz CT molecular complexity index is 897. The van der Waals surface area contributed by atoms with Gasteiger partial charge in [-0.2, -0.15) is 4.98 Å². The fraction of sp³-hybridized carbons (Fsp3) is 0.565. The highest BCUT2D eigenvalue weighted by Crippen LogP contribution is 2.36. The largest absolute Gasteiger partial charge is 0.611 e. The van der Waals surface area contributed by atoms with Crippen LogP contribution in [0, 0.1) is 0 Å². The van der Waals surface area contributed by atoms with Crippen LogP contribution < -0.4 is 10.2 Å². The number of rotatable bonds is 4. The van der Waals surface area contributed by atoms with E-state index in [1.807, 2.05) is 12.1 Å². The van der Waals surface area contributed by atoms with Gasteiger partial charge in [-0.3, -0.25) is 0 Å². The maximum Gasteiger partial charge on any atom is 0.227 e. The first-order valence-electron chi connectivity index (χ1n) is 11.2. The first kappa shape index (κ1) is 20.4. The van der Waals surface area contributed by atoms with Crippen molar-refractivity contribution >= 4 is 34.5 Å². The molecule has 2 aromatic rings. The molecule has 5 rings (SSSR count). The third kappa shape index (κ3) is 4.27. The minimum atomic E-state index is -0.978. The highest BCUT2D eigenvalue weighted by molar-refractivity contribution is 7.91. The van der Waals surface area contributed by atoms with E-state index < -0.39 is 11.2 Å². The lowest BCUT2D eigenvalue weighted by atomic mass is 9.89. The summed E-state index contributed by atoms with van der Waals surface area (Å²) in [7, 11) is 0.